The standard InChI is InChI=1S/C11H11NO3S/c1-8-2-7-11(15-8)9-3-5-10(6-4-9)16(12,13)14/h2-7H,1H3,(H2,12,13,14). The second-order valence-corrected chi connectivity index (χ2v) is 5.04. The van der Waals surface area contributed by atoms with Crippen LogP contribution in [0.2, 0.25) is 0 Å². The molecule has 1 heterocycles. The Kier molecular flexibility index (Phi) is 2.57. The van der Waals surface area contributed by atoms with Crippen molar-refractivity contribution in [1.82, 2.24) is 0 Å². The van der Waals surface area contributed by atoms with Gasteiger partial charge in [-0.15, -0.1) is 0 Å². The summed E-state index contributed by atoms with van der Waals surface area (Å²) in [6, 6.07) is 9.94. The van der Waals surface area contributed by atoms with Crippen molar-refractivity contribution in [3.05, 3.63) is 42.2 Å². The Hall–Kier alpha value is -1.59. The summed E-state index contributed by atoms with van der Waals surface area (Å²) in [5, 5.41) is 5.00. The number of furan rings is 1. The summed E-state index contributed by atoms with van der Waals surface area (Å²) in [5.74, 6) is 1.52. The molecule has 0 unspecified atom stereocenters. The molecule has 0 spiro atoms. The van der Waals surface area contributed by atoms with E-state index in [9.17, 15) is 8.42 Å². The molecule has 5 heteroatoms. The van der Waals surface area contributed by atoms with Crippen LogP contribution in [0, 0.1) is 6.92 Å². The summed E-state index contributed by atoms with van der Waals surface area (Å²) in [4.78, 5) is 0.0968. The van der Waals surface area contributed by atoms with Crippen molar-refractivity contribution in [2.24, 2.45) is 5.14 Å². The van der Waals surface area contributed by atoms with Crippen LogP contribution in [0.3, 0.4) is 0 Å². The van der Waals surface area contributed by atoms with Crippen LogP contribution in [0.25, 0.3) is 11.3 Å². The highest BCUT2D eigenvalue weighted by Gasteiger charge is 2.08. The summed E-state index contributed by atoms with van der Waals surface area (Å²) < 4.78 is 27.5. The molecule has 16 heavy (non-hydrogen) atoms. The molecular weight excluding hydrogens is 226 g/mol. The lowest BCUT2D eigenvalue weighted by molar-refractivity contribution is 0.548. The van der Waals surface area contributed by atoms with Crippen molar-refractivity contribution in [2.75, 3.05) is 0 Å². The van der Waals surface area contributed by atoms with Gasteiger partial charge in [0.2, 0.25) is 10.0 Å². The lowest BCUT2D eigenvalue weighted by Crippen LogP contribution is -2.11. The smallest absolute Gasteiger partial charge is 0.238 e. The van der Waals surface area contributed by atoms with E-state index in [1.54, 1.807) is 12.1 Å². The fourth-order valence-electron chi connectivity index (χ4n) is 1.40. The Balaban J connectivity index is 2.40. The molecule has 0 aliphatic heterocycles. The van der Waals surface area contributed by atoms with Crippen LogP contribution in [-0.2, 0) is 10.0 Å². The molecule has 84 valence electrons. The van der Waals surface area contributed by atoms with Crippen LogP contribution in [0.5, 0.6) is 0 Å². The average molecular weight is 237 g/mol. The second kappa shape index (κ2) is 3.77. The van der Waals surface area contributed by atoms with Gasteiger partial charge in [-0.05, 0) is 43.3 Å². The largest absolute Gasteiger partial charge is 0.461 e. The number of primary sulfonamides is 1. The quantitative estimate of drug-likeness (QED) is 0.866. The van der Waals surface area contributed by atoms with Gasteiger partial charge in [-0.1, -0.05) is 0 Å². The van der Waals surface area contributed by atoms with E-state index in [0.717, 1.165) is 11.3 Å². The first-order chi connectivity index (χ1) is 7.47. The Morgan fingerprint density at radius 3 is 2.12 bits per heavy atom. The molecule has 2 rings (SSSR count). The normalized spacial score (nSPS) is 11.6. The zero-order valence-corrected chi connectivity index (χ0v) is 9.49. The summed E-state index contributed by atoms with van der Waals surface area (Å²) in [5.41, 5.74) is 0.820. The van der Waals surface area contributed by atoms with Crippen LogP contribution in [0.4, 0.5) is 0 Å². The van der Waals surface area contributed by atoms with E-state index in [0.29, 0.717) is 5.76 Å². The highest BCUT2D eigenvalue weighted by atomic mass is 32.2. The molecule has 0 bridgehead atoms. The molecule has 0 aliphatic carbocycles. The first-order valence-corrected chi connectivity index (χ1v) is 6.21. The fraction of sp³-hybridized carbons (Fsp3) is 0.0909. The van der Waals surface area contributed by atoms with Crippen molar-refractivity contribution < 1.29 is 12.8 Å². The minimum Gasteiger partial charge on any atom is -0.461 e. The third-order valence-corrected chi connectivity index (χ3v) is 3.14. The maximum atomic E-state index is 11.0. The van der Waals surface area contributed by atoms with Crippen molar-refractivity contribution in [3.8, 4) is 11.3 Å². The molecule has 0 saturated heterocycles. The van der Waals surface area contributed by atoms with Gasteiger partial charge in [0.05, 0.1) is 4.90 Å². The minimum atomic E-state index is -3.63. The van der Waals surface area contributed by atoms with E-state index in [1.807, 2.05) is 19.1 Å². The van der Waals surface area contributed by atoms with Gasteiger partial charge < -0.3 is 4.42 Å². The maximum Gasteiger partial charge on any atom is 0.238 e. The summed E-state index contributed by atoms with van der Waals surface area (Å²) >= 11 is 0. The van der Waals surface area contributed by atoms with Crippen LogP contribution in [0.1, 0.15) is 5.76 Å². The third kappa shape index (κ3) is 2.15. The number of nitrogens with two attached hydrogens (primary N) is 1. The van der Waals surface area contributed by atoms with E-state index >= 15 is 0 Å². The zero-order chi connectivity index (χ0) is 11.8. The van der Waals surface area contributed by atoms with Crippen LogP contribution < -0.4 is 5.14 Å². The van der Waals surface area contributed by atoms with Gasteiger partial charge in [-0.3, -0.25) is 0 Å². The molecule has 0 atom stereocenters. The van der Waals surface area contributed by atoms with Gasteiger partial charge >= 0.3 is 0 Å². The number of aryl methyl sites for hydroxylation is 1. The minimum absolute atomic E-state index is 0.0968. The molecule has 0 aliphatic rings. The van der Waals surface area contributed by atoms with E-state index in [4.69, 9.17) is 9.56 Å². The molecule has 0 amide bonds. The number of hydrogen-bond acceptors (Lipinski definition) is 3. The molecule has 0 fully saturated rings. The van der Waals surface area contributed by atoms with Crippen LogP contribution >= 0.6 is 0 Å². The Morgan fingerprint density at radius 2 is 1.69 bits per heavy atom. The molecule has 1 aromatic carbocycles. The SMILES string of the molecule is Cc1ccc(-c2ccc(S(N)(=O)=O)cc2)o1. The Bertz CT molecular complexity index is 596. The van der Waals surface area contributed by atoms with Gasteiger partial charge in [-0.25, -0.2) is 13.6 Å². The maximum absolute atomic E-state index is 11.0. The summed E-state index contributed by atoms with van der Waals surface area (Å²) in [7, 11) is -3.63. The first kappa shape index (κ1) is 10.9. The highest BCUT2D eigenvalue weighted by molar-refractivity contribution is 7.89. The van der Waals surface area contributed by atoms with Gasteiger partial charge in [0.15, 0.2) is 0 Å². The topological polar surface area (TPSA) is 73.3 Å². The second-order valence-electron chi connectivity index (χ2n) is 3.48. The van der Waals surface area contributed by atoms with E-state index < -0.39 is 10.0 Å². The third-order valence-electron chi connectivity index (χ3n) is 2.21. The van der Waals surface area contributed by atoms with Crippen molar-refractivity contribution in [1.29, 1.82) is 0 Å². The molecule has 1 aromatic heterocycles. The number of sulfonamides is 1. The van der Waals surface area contributed by atoms with Crippen molar-refractivity contribution >= 4 is 10.0 Å². The molecule has 2 N–H and O–H groups in total. The van der Waals surface area contributed by atoms with Crippen LogP contribution in [-0.4, -0.2) is 8.42 Å². The van der Waals surface area contributed by atoms with E-state index in [-0.39, 0.29) is 4.90 Å². The number of rotatable bonds is 2. The van der Waals surface area contributed by atoms with Gasteiger partial charge in [0.25, 0.3) is 0 Å². The van der Waals surface area contributed by atoms with E-state index in [2.05, 4.69) is 0 Å². The molecule has 0 radical (unpaired) electrons. The molecular formula is C11H11NO3S. The van der Waals surface area contributed by atoms with E-state index in [1.165, 1.54) is 12.1 Å². The average Bonchev–Trinajstić information content (AvgIpc) is 2.64. The fourth-order valence-corrected chi connectivity index (χ4v) is 1.91. The van der Waals surface area contributed by atoms with Gasteiger partial charge in [0, 0.05) is 5.56 Å². The summed E-state index contributed by atoms with van der Waals surface area (Å²) in [6.07, 6.45) is 0. The van der Waals surface area contributed by atoms with Crippen molar-refractivity contribution in [3.63, 3.8) is 0 Å². The molecule has 2 aromatic rings. The predicted molar refractivity (Wildman–Crippen MR) is 60.3 cm³/mol. The molecule has 0 saturated carbocycles. The van der Waals surface area contributed by atoms with Gasteiger partial charge in [0.1, 0.15) is 11.5 Å². The number of hydrogen-bond donors (Lipinski definition) is 1. The summed E-state index contributed by atoms with van der Waals surface area (Å²) in [6.45, 7) is 1.85. The number of benzene rings is 1. The zero-order valence-electron chi connectivity index (χ0n) is 8.67. The lowest BCUT2D eigenvalue weighted by Gasteiger charge is -1.99. The van der Waals surface area contributed by atoms with Crippen LogP contribution in [0.15, 0.2) is 45.7 Å². The Labute approximate surface area is 93.7 Å². The predicted octanol–water partition coefficient (Wildman–Crippen LogP) is 1.90. The lowest BCUT2D eigenvalue weighted by atomic mass is 10.2. The van der Waals surface area contributed by atoms with Gasteiger partial charge in [-0.2, -0.15) is 0 Å². The first-order valence-electron chi connectivity index (χ1n) is 4.66. The Morgan fingerprint density at radius 1 is 1.06 bits per heavy atom. The highest BCUT2D eigenvalue weighted by Crippen LogP contribution is 2.22. The monoisotopic (exact) mass is 237 g/mol. The molecule has 4 nitrogen and oxygen atoms in total. The van der Waals surface area contributed by atoms with Crippen molar-refractivity contribution in [2.45, 2.75) is 11.8 Å².